The number of imide groups is 1. The number of rotatable bonds is 8. The Balaban J connectivity index is 2.03. The minimum absolute atomic E-state index is 0.00589. The third-order valence-electron chi connectivity index (χ3n) is 4.83. The first-order chi connectivity index (χ1) is 12.7. The number of benzene rings is 1. The second-order valence-corrected chi connectivity index (χ2v) is 7.61. The summed E-state index contributed by atoms with van der Waals surface area (Å²) in [6.07, 6.45) is 1.85. The maximum Gasteiger partial charge on any atom is 0.325 e. The van der Waals surface area contributed by atoms with Crippen molar-refractivity contribution in [1.29, 1.82) is 0 Å². The number of carbonyl (C=O) groups excluding carboxylic acids is 3. The molecule has 0 aromatic heterocycles. The molecule has 2 rings (SSSR count). The molecule has 27 heavy (non-hydrogen) atoms. The molecule has 0 spiro atoms. The van der Waals surface area contributed by atoms with Crippen molar-refractivity contribution >= 4 is 17.8 Å². The van der Waals surface area contributed by atoms with Crippen LogP contribution in [0.1, 0.15) is 46.1 Å². The predicted molar refractivity (Wildman–Crippen MR) is 102 cm³/mol. The Labute approximate surface area is 160 Å². The number of urea groups is 1. The summed E-state index contributed by atoms with van der Waals surface area (Å²) in [7, 11) is 1.56. The van der Waals surface area contributed by atoms with E-state index in [-0.39, 0.29) is 18.5 Å². The van der Waals surface area contributed by atoms with Gasteiger partial charge >= 0.3 is 6.03 Å². The van der Waals surface area contributed by atoms with Gasteiger partial charge in [0.15, 0.2) is 0 Å². The summed E-state index contributed by atoms with van der Waals surface area (Å²) in [5.74, 6) is 0.433. The summed E-state index contributed by atoms with van der Waals surface area (Å²) in [6.45, 7) is 7.53. The molecule has 1 aromatic carbocycles. The van der Waals surface area contributed by atoms with Crippen molar-refractivity contribution in [3.8, 4) is 5.75 Å². The lowest BCUT2D eigenvalue weighted by molar-refractivity contribution is -0.135. The third-order valence-corrected chi connectivity index (χ3v) is 4.83. The summed E-state index contributed by atoms with van der Waals surface area (Å²) in [5.41, 5.74) is -0.567. The van der Waals surface area contributed by atoms with Gasteiger partial charge in [-0.1, -0.05) is 26.0 Å². The normalized spacial score (nSPS) is 20.6. The minimum atomic E-state index is -1.20. The van der Waals surface area contributed by atoms with Crippen molar-refractivity contribution in [2.24, 2.45) is 5.92 Å². The molecule has 1 aromatic rings. The van der Waals surface area contributed by atoms with E-state index in [0.717, 1.165) is 17.7 Å². The van der Waals surface area contributed by atoms with E-state index < -0.39 is 17.5 Å². The molecule has 148 valence electrons. The van der Waals surface area contributed by atoms with Crippen LogP contribution in [0.15, 0.2) is 24.3 Å². The smallest absolute Gasteiger partial charge is 0.325 e. The van der Waals surface area contributed by atoms with Gasteiger partial charge in [-0.2, -0.15) is 0 Å². The zero-order valence-corrected chi connectivity index (χ0v) is 16.7. The molecule has 1 fully saturated rings. The molecule has 0 aliphatic carbocycles. The topological polar surface area (TPSA) is 87.7 Å². The Morgan fingerprint density at radius 2 is 1.81 bits per heavy atom. The SMILES string of the molecule is COc1ccc([C@@]2(C)NC(=O)N(CC(=O)N[C@H](C)CCC(C)C)C2=O)cc1. The Morgan fingerprint density at radius 1 is 1.19 bits per heavy atom. The fourth-order valence-electron chi connectivity index (χ4n) is 3.08. The van der Waals surface area contributed by atoms with E-state index in [1.165, 1.54) is 0 Å². The summed E-state index contributed by atoms with van der Waals surface area (Å²) >= 11 is 0. The number of hydrogen-bond donors (Lipinski definition) is 2. The standard InChI is InChI=1S/C20H29N3O4/c1-13(2)6-7-14(3)21-17(24)12-23-18(25)20(4,22-19(23)26)15-8-10-16(27-5)11-9-15/h8-11,13-14H,6-7,12H2,1-5H3,(H,21,24)(H,22,26)/t14-,20-/m1/s1. The van der Waals surface area contributed by atoms with Crippen molar-refractivity contribution < 1.29 is 19.1 Å². The highest BCUT2D eigenvalue weighted by Crippen LogP contribution is 2.29. The summed E-state index contributed by atoms with van der Waals surface area (Å²) in [5, 5.41) is 5.56. The van der Waals surface area contributed by atoms with Crippen LogP contribution in [-0.2, 0) is 15.1 Å². The van der Waals surface area contributed by atoms with Gasteiger partial charge in [0.05, 0.1) is 7.11 Å². The molecule has 1 aliphatic rings. The fourth-order valence-corrected chi connectivity index (χ4v) is 3.08. The van der Waals surface area contributed by atoms with Gasteiger partial charge in [-0.15, -0.1) is 0 Å². The van der Waals surface area contributed by atoms with Crippen molar-refractivity contribution in [3.63, 3.8) is 0 Å². The van der Waals surface area contributed by atoms with Gasteiger partial charge in [-0.3, -0.25) is 14.5 Å². The van der Waals surface area contributed by atoms with Gasteiger partial charge in [0, 0.05) is 6.04 Å². The molecule has 0 radical (unpaired) electrons. The van der Waals surface area contributed by atoms with Gasteiger partial charge < -0.3 is 15.4 Å². The van der Waals surface area contributed by atoms with Crippen LogP contribution in [0.25, 0.3) is 0 Å². The van der Waals surface area contributed by atoms with E-state index in [1.807, 2.05) is 6.92 Å². The van der Waals surface area contributed by atoms with Crippen molar-refractivity contribution in [3.05, 3.63) is 29.8 Å². The van der Waals surface area contributed by atoms with Crippen LogP contribution in [-0.4, -0.2) is 42.4 Å². The lowest BCUT2D eigenvalue weighted by Gasteiger charge is -2.22. The zero-order chi connectivity index (χ0) is 20.2. The number of nitrogens with zero attached hydrogens (tertiary/aromatic N) is 1. The number of carbonyl (C=O) groups is 3. The number of amides is 4. The van der Waals surface area contributed by atoms with Gasteiger partial charge in [0.25, 0.3) is 5.91 Å². The second kappa shape index (κ2) is 8.41. The molecule has 1 heterocycles. The van der Waals surface area contributed by atoms with Crippen LogP contribution in [0.2, 0.25) is 0 Å². The van der Waals surface area contributed by atoms with E-state index in [9.17, 15) is 14.4 Å². The first-order valence-electron chi connectivity index (χ1n) is 9.25. The second-order valence-electron chi connectivity index (χ2n) is 7.61. The number of ether oxygens (including phenoxy) is 1. The van der Waals surface area contributed by atoms with Crippen LogP contribution >= 0.6 is 0 Å². The molecular weight excluding hydrogens is 346 g/mol. The predicted octanol–water partition coefficient (Wildman–Crippen LogP) is 2.40. The van der Waals surface area contributed by atoms with Crippen LogP contribution in [0.4, 0.5) is 4.79 Å². The van der Waals surface area contributed by atoms with Crippen LogP contribution in [0, 0.1) is 5.92 Å². The number of nitrogens with one attached hydrogen (secondary N) is 2. The minimum Gasteiger partial charge on any atom is -0.497 e. The number of hydrogen-bond acceptors (Lipinski definition) is 4. The van der Waals surface area contributed by atoms with Gasteiger partial charge in [-0.25, -0.2) is 4.79 Å². The highest BCUT2D eigenvalue weighted by molar-refractivity contribution is 6.09. The quantitative estimate of drug-likeness (QED) is 0.683. The van der Waals surface area contributed by atoms with Crippen molar-refractivity contribution in [1.82, 2.24) is 15.5 Å². The van der Waals surface area contributed by atoms with Crippen LogP contribution in [0.5, 0.6) is 5.75 Å². The maximum atomic E-state index is 12.9. The average molecular weight is 375 g/mol. The highest BCUT2D eigenvalue weighted by atomic mass is 16.5. The van der Waals surface area contributed by atoms with E-state index >= 15 is 0 Å². The molecule has 1 saturated heterocycles. The fraction of sp³-hybridized carbons (Fsp3) is 0.550. The molecule has 2 N–H and O–H groups in total. The van der Waals surface area contributed by atoms with Crippen molar-refractivity contribution in [2.75, 3.05) is 13.7 Å². The van der Waals surface area contributed by atoms with Crippen LogP contribution in [0.3, 0.4) is 0 Å². The molecule has 0 unspecified atom stereocenters. The lowest BCUT2D eigenvalue weighted by atomic mass is 9.92. The molecule has 4 amide bonds. The van der Waals surface area contributed by atoms with E-state index in [2.05, 4.69) is 24.5 Å². The van der Waals surface area contributed by atoms with Gasteiger partial charge in [0.2, 0.25) is 5.91 Å². The monoisotopic (exact) mass is 375 g/mol. The molecule has 0 saturated carbocycles. The Kier molecular flexibility index (Phi) is 6.46. The van der Waals surface area contributed by atoms with Crippen LogP contribution < -0.4 is 15.4 Å². The Hall–Kier alpha value is -2.57. The molecular formula is C20H29N3O4. The number of methoxy groups -OCH3 is 1. The first-order valence-corrected chi connectivity index (χ1v) is 9.25. The largest absolute Gasteiger partial charge is 0.497 e. The highest BCUT2D eigenvalue weighted by Gasteiger charge is 2.49. The summed E-state index contributed by atoms with van der Waals surface area (Å²) in [6, 6.07) is 6.35. The third kappa shape index (κ3) is 4.78. The summed E-state index contributed by atoms with van der Waals surface area (Å²) < 4.78 is 5.12. The lowest BCUT2D eigenvalue weighted by Crippen LogP contribution is -2.45. The summed E-state index contributed by atoms with van der Waals surface area (Å²) in [4.78, 5) is 38.4. The zero-order valence-electron chi connectivity index (χ0n) is 16.7. The first kappa shape index (κ1) is 20.7. The van der Waals surface area contributed by atoms with Gasteiger partial charge in [-0.05, 0) is 50.3 Å². The Bertz CT molecular complexity index is 702. The van der Waals surface area contributed by atoms with E-state index in [1.54, 1.807) is 38.3 Å². The molecule has 7 nitrogen and oxygen atoms in total. The molecule has 0 bridgehead atoms. The average Bonchev–Trinajstić information content (AvgIpc) is 2.84. The van der Waals surface area contributed by atoms with Crippen molar-refractivity contribution in [2.45, 2.75) is 52.1 Å². The maximum absolute atomic E-state index is 12.9. The Morgan fingerprint density at radius 3 is 2.37 bits per heavy atom. The van der Waals surface area contributed by atoms with Gasteiger partial charge in [0.1, 0.15) is 17.8 Å². The van der Waals surface area contributed by atoms with E-state index in [0.29, 0.717) is 17.2 Å². The molecule has 1 aliphatic heterocycles. The molecule has 7 heteroatoms. The molecule has 2 atom stereocenters. The van der Waals surface area contributed by atoms with E-state index in [4.69, 9.17) is 4.74 Å².